The van der Waals surface area contributed by atoms with Crippen LogP contribution in [0.15, 0.2) is 60.8 Å². The highest BCUT2D eigenvalue weighted by Gasteiger charge is 2.19. The van der Waals surface area contributed by atoms with E-state index in [9.17, 15) is 15.0 Å². The van der Waals surface area contributed by atoms with E-state index in [1.54, 1.807) is 0 Å². The molecule has 42 heavy (non-hydrogen) atoms. The van der Waals surface area contributed by atoms with Gasteiger partial charge in [-0.25, -0.2) is 0 Å². The number of unbranched alkanes of at least 4 members (excludes halogenated alkanes) is 13. The van der Waals surface area contributed by atoms with E-state index in [0.717, 1.165) is 64.2 Å². The van der Waals surface area contributed by atoms with Crippen molar-refractivity contribution in [1.29, 1.82) is 0 Å². The molecule has 0 rings (SSSR count). The largest absolute Gasteiger partial charge is 0.394 e. The van der Waals surface area contributed by atoms with Crippen molar-refractivity contribution in [3.05, 3.63) is 60.8 Å². The number of hydrogen-bond donors (Lipinski definition) is 3. The molecule has 0 bridgehead atoms. The van der Waals surface area contributed by atoms with Crippen molar-refractivity contribution in [1.82, 2.24) is 5.32 Å². The van der Waals surface area contributed by atoms with Crippen LogP contribution >= 0.6 is 0 Å². The number of amides is 1. The molecule has 0 heterocycles. The van der Waals surface area contributed by atoms with E-state index in [-0.39, 0.29) is 12.5 Å². The van der Waals surface area contributed by atoms with E-state index in [2.05, 4.69) is 79.9 Å². The topological polar surface area (TPSA) is 69.6 Å². The van der Waals surface area contributed by atoms with Crippen LogP contribution in [-0.4, -0.2) is 34.9 Å². The number of rotatable bonds is 30. The lowest BCUT2D eigenvalue weighted by Crippen LogP contribution is -2.45. The summed E-state index contributed by atoms with van der Waals surface area (Å²) in [6, 6.07) is -0.535. The second kappa shape index (κ2) is 33.6. The maximum absolute atomic E-state index is 12.1. The Bertz CT molecular complexity index is 722. The molecule has 0 aliphatic carbocycles. The van der Waals surface area contributed by atoms with Crippen molar-refractivity contribution >= 4 is 5.91 Å². The van der Waals surface area contributed by atoms with Crippen molar-refractivity contribution in [3.8, 4) is 0 Å². The molecule has 0 aromatic rings. The number of nitrogens with one attached hydrogen (secondary N) is 1. The van der Waals surface area contributed by atoms with E-state index in [1.807, 2.05) is 0 Å². The van der Waals surface area contributed by atoms with Crippen molar-refractivity contribution in [2.75, 3.05) is 6.61 Å². The average molecular weight is 586 g/mol. The Labute approximate surface area is 260 Å². The Morgan fingerprint density at radius 1 is 0.595 bits per heavy atom. The second-order valence-electron chi connectivity index (χ2n) is 11.6. The standard InChI is InChI=1S/C38H67NO3/c1-3-5-7-8-9-10-11-12-13-14-15-16-17-18-19-20-21-22-23-24-25-26-27-28-29-30-32-34-38(42)39-36(35-40)37(41)33-31-6-4-2/h5,7,9-10,12-13,15-16,18-19,36-37,40-41H,3-4,6,8,11,14,17,20-35H2,1-2H3,(H,39,42)/b7-5-,10-9-,13-12-,16-15-,19-18-. The van der Waals surface area contributed by atoms with E-state index in [1.165, 1.54) is 64.2 Å². The van der Waals surface area contributed by atoms with Crippen LogP contribution < -0.4 is 5.32 Å². The van der Waals surface area contributed by atoms with Gasteiger partial charge in [0.2, 0.25) is 5.91 Å². The molecule has 0 saturated carbocycles. The van der Waals surface area contributed by atoms with Crippen molar-refractivity contribution in [3.63, 3.8) is 0 Å². The third-order valence-electron chi connectivity index (χ3n) is 7.54. The molecule has 4 nitrogen and oxygen atoms in total. The minimum Gasteiger partial charge on any atom is -0.394 e. The Balaban J connectivity index is 3.47. The van der Waals surface area contributed by atoms with E-state index < -0.39 is 12.1 Å². The summed E-state index contributed by atoms with van der Waals surface area (Å²) >= 11 is 0. The monoisotopic (exact) mass is 586 g/mol. The lowest BCUT2D eigenvalue weighted by molar-refractivity contribution is -0.123. The van der Waals surface area contributed by atoms with Crippen LogP contribution in [0.25, 0.3) is 0 Å². The second-order valence-corrected chi connectivity index (χ2v) is 11.6. The first-order chi connectivity index (χ1) is 20.7. The Kier molecular flexibility index (Phi) is 32.1. The molecule has 1 amide bonds. The summed E-state index contributed by atoms with van der Waals surface area (Å²) in [6.07, 6.45) is 46.2. The van der Waals surface area contributed by atoms with Crippen LogP contribution in [0.1, 0.15) is 155 Å². The van der Waals surface area contributed by atoms with Crippen LogP contribution in [-0.2, 0) is 4.79 Å². The lowest BCUT2D eigenvalue weighted by atomic mass is 10.0. The number of carbonyl (C=O) groups excluding carboxylic acids is 1. The van der Waals surface area contributed by atoms with Crippen LogP contribution in [0.3, 0.4) is 0 Å². The molecule has 0 fully saturated rings. The van der Waals surface area contributed by atoms with Gasteiger partial charge in [0.25, 0.3) is 0 Å². The first-order valence-electron chi connectivity index (χ1n) is 17.5. The first kappa shape index (κ1) is 40.1. The van der Waals surface area contributed by atoms with Crippen LogP contribution in [0.5, 0.6) is 0 Å². The number of hydrogen-bond acceptors (Lipinski definition) is 3. The van der Waals surface area contributed by atoms with Gasteiger partial charge in [0.1, 0.15) is 0 Å². The van der Waals surface area contributed by atoms with Gasteiger partial charge in [0.15, 0.2) is 0 Å². The van der Waals surface area contributed by atoms with Gasteiger partial charge in [-0.15, -0.1) is 0 Å². The highest BCUT2D eigenvalue weighted by Crippen LogP contribution is 2.13. The van der Waals surface area contributed by atoms with Crippen molar-refractivity contribution < 1.29 is 15.0 Å². The number of carbonyl (C=O) groups is 1. The summed E-state index contributed by atoms with van der Waals surface area (Å²) in [5.74, 6) is -0.0510. The molecule has 0 spiro atoms. The zero-order valence-electron chi connectivity index (χ0n) is 27.5. The quantitative estimate of drug-likeness (QED) is 0.0580. The van der Waals surface area contributed by atoms with Gasteiger partial charge >= 0.3 is 0 Å². The molecule has 0 aliphatic rings. The summed E-state index contributed by atoms with van der Waals surface area (Å²) in [6.45, 7) is 4.08. The highest BCUT2D eigenvalue weighted by molar-refractivity contribution is 5.76. The predicted molar refractivity (Wildman–Crippen MR) is 184 cm³/mol. The fourth-order valence-corrected chi connectivity index (χ4v) is 4.85. The number of aliphatic hydroxyl groups is 2. The molecule has 2 atom stereocenters. The minimum absolute atomic E-state index is 0.0510. The predicted octanol–water partition coefficient (Wildman–Crippen LogP) is 10.2. The van der Waals surface area contributed by atoms with Gasteiger partial charge in [0, 0.05) is 6.42 Å². The Hall–Kier alpha value is -1.91. The van der Waals surface area contributed by atoms with Gasteiger partial charge < -0.3 is 15.5 Å². The zero-order chi connectivity index (χ0) is 30.8. The molecule has 0 radical (unpaired) electrons. The van der Waals surface area contributed by atoms with Gasteiger partial charge in [-0.1, -0.05) is 152 Å². The molecule has 2 unspecified atom stereocenters. The molecule has 0 aromatic heterocycles. The molecule has 242 valence electrons. The SMILES string of the molecule is CC/C=C\C/C=C\C/C=C\C/C=C\C/C=C\CCCCCCCCCCCCCC(=O)NC(CO)C(O)CCCCC. The molecule has 4 heteroatoms. The molecule has 0 aliphatic heterocycles. The summed E-state index contributed by atoms with van der Waals surface area (Å²) in [4.78, 5) is 12.1. The normalized spacial score (nSPS) is 13.9. The number of aliphatic hydroxyl groups excluding tert-OH is 2. The molecular formula is C38H67NO3. The van der Waals surface area contributed by atoms with E-state index in [4.69, 9.17) is 0 Å². The highest BCUT2D eigenvalue weighted by atomic mass is 16.3. The molecule has 0 saturated heterocycles. The van der Waals surface area contributed by atoms with Crippen molar-refractivity contribution in [2.45, 2.75) is 167 Å². The summed E-state index contributed by atoms with van der Waals surface area (Å²) in [5, 5.41) is 22.5. The summed E-state index contributed by atoms with van der Waals surface area (Å²) in [7, 11) is 0. The fraction of sp³-hybridized carbons (Fsp3) is 0.711. The van der Waals surface area contributed by atoms with E-state index >= 15 is 0 Å². The first-order valence-corrected chi connectivity index (χ1v) is 17.5. The van der Waals surface area contributed by atoms with Crippen molar-refractivity contribution in [2.24, 2.45) is 0 Å². The average Bonchev–Trinajstić information content (AvgIpc) is 2.99. The smallest absolute Gasteiger partial charge is 0.220 e. The maximum atomic E-state index is 12.1. The third-order valence-corrected chi connectivity index (χ3v) is 7.54. The fourth-order valence-electron chi connectivity index (χ4n) is 4.85. The lowest BCUT2D eigenvalue weighted by Gasteiger charge is -2.22. The minimum atomic E-state index is -0.658. The van der Waals surface area contributed by atoms with Gasteiger partial charge in [-0.05, 0) is 57.8 Å². The van der Waals surface area contributed by atoms with Gasteiger partial charge in [-0.2, -0.15) is 0 Å². The molecular weight excluding hydrogens is 518 g/mol. The third kappa shape index (κ3) is 29.6. The van der Waals surface area contributed by atoms with Gasteiger partial charge in [-0.3, -0.25) is 4.79 Å². The molecule has 3 N–H and O–H groups in total. The Morgan fingerprint density at radius 2 is 1.05 bits per heavy atom. The van der Waals surface area contributed by atoms with Crippen LogP contribution in [0.4, 0.5) is 0 Å². The summed E-state index contributed by atoms with van der Waals surface area (Å²) in [5.41, 5.74) is 0. The van der Waals surface area contributed by atoms with Gasteiger partial charge in [0.05, 0.1) is 18.8 Å². The van der Waals surface area contributed by atoms with E-state index in [0.29, 0.717) is 12.8 Å². The van der Waals surface area contributed by atoms with Crippen LogP contribution in [0, 0.1) is 0 Å². The Morgan fingerprint density at radius 3 is 1.52 bits per heavy atom. The van der Waals surface area contributed by atoms with Crippen LogP contribution in [0.2, 0.25) is 0 Å². The summed E-state index contributed by atoms with van der Waals surface area (Å²) < 4.78 is 0. The number of allylic oxidation sites excluding steroid dienone is 10. The molecule has 0 aromatic carbocycles. The maximum Gasteiger partial charge on any atom is 0.220 e. The zero-order valence-corrected chi connectivity index (χ0v) is 27.5.